The Bertz CT molecular complexity index is 650. The van der Waals surface area contributed by atoms with Crippen molar-refractivity contribution >= 4 is 27.9 Å². The lowest BCUT2D eigenvalue weighted by molar-refractivity contribution is 0.798. The third-order valence-electron chi connectivity index (χ3n) is 3.06. The second-order valence-corrected chi connectivity index (χ2v) is 5.03. The van der Waals surface area contributed by atoms with Gasteiger partial charge in [-0.05, 0) is 36.1 Å². The van der Waals surface area contributed by atoms with Crippen molar-refractivity contribution in [2.24, 2.45) is 0 Å². The van der Waals surface area contributed by atoms with Gasteiger partial charge in [0.15, 0.2) is 0 Å². The number of thiophene rings is 1. The molecule has 2 heterocycles. The summed E-state index contributed by atoms with van der Waals surface area (Å²) in [6.45, 7) is 3.08. The predicted molar refractivity (Wildman–Crippen MR) is 75.3 cm³/mol. The molecule has 1 aromatic carbocycles. The zero-order valence-corrected chi connectivity index (χ0v) is 10.5. The van der Waals surface area contributed by atoms with E-state index in [9.17, 15) is 0 Å². The molecule has 0 saturated heterocycles. The lowest BCUT2D eigenvalue weighted by atomic mass is 10.1. The molecular formula is C14H14N2S. The molecule has 0 amide bonds. The molecule has 0 spiro atoms. The number of rotatable bonds is 2. The Balaban J connectivity index is 2.23. The number of nitrogen functional groups attached to an aromatic ring is 1. The van der Waals surface area contributed by atoms with E-state index >= 15 is 0 Å². The number of benzene rings is 1. The van der Waals surface area contributed by atoms with Gasteiger partial charge in [0, 0.05) is 23.0 Å². The Morgan fingerprint density at radius 1 is 1.29 bits per heavy atom. The quantitative estimate of drug-likeness (QED) is 0.724. The van der Waals surface area contributed by atoms with E-state index in [2.05, 4.69) is 47.2 Å². The van der Waals surface area contributed by atoms with Crippen molar-refractivity contribution in [1.29, 1.82) is 0 Å². The minimum absolute atomic E-state index is 0.861. The van der Waals surface area contributed by atoms with Crippen molar-refractivity contribution in [3.05, 3.63) is 41.9 Å². The number of hydrogen-bond acceptors (Lipinski definition) is 2. The number of aromatic nitrogens is 1. The van der Waals surface area contributed by atoms with Gasteiger partial charge >= 0.3 is 0 Å². The fourth-order valence-corrected chi connectivity index (χ4v) is 2.91. The minimum atomic E-state index is 0.861. The van der Waals surface area contributed by atoms with Crippen LogP contribution in [0.3, 0.4) is 0 Å². The van der Waals surface area contributed by atoms with Crippen LogP contribution in [0.4, 0.5) is 5.69 Å². The lowest BCUT2D eigenvalue weighted by Crippen LogP contribution is -1.90. The van der Waals surface area contributed by atoms with Gasteiger partial charge in [-0.1, -0.05) is 12.1 Å². The third-order valence-corrected chi connectivity index (χ3v) is 3.98. The van der Waals surface area contributed by atoms with Crippen LogP contribution in [0.2, 0.25) is 0 Å². The Labute approximate surface area is 104 Å². The average molecular weight is 242 g/mol. The van der Waals surface area contributed by atoms with E-state index in [1.54, 1.807) is 11.3 Å². The Morgan fingerprint density at radius 3 is 2.88 bits per heavy atom. The molecule has 86 valence electrons. The fraction of sp³-hybridized carbons (Fsp3) is 0.143. The molecule has 0 aliphatic carbocycles. The van der Waals surface area contributed by atoms with Crippen LogP contribution < -0.4 is 5.73 Å². The third kappa shape index (κ3) is 1.63. The highest BCUT2D eigenvalue weighted by Gasteiger charge is 2.07. The SMILES string of the molecule is CCn1cc(N)c2cc(-c3cccs3)ccc21. The van der Waals surface area contributed by atoms with E-state index in [0.29, 0.717) is 0 Å². The van der Waals surface area contributed by atoms with Crippen molar-refractivity contribution in [1.82, 2.24) is 4.57 Å². The van der Waals surface area contributed by atoms with E-state index in [1.807, 2.05) is 6.20 Å². The average Bonchev–Trinajstić information content (AvgIpc) is 2.97. The van der Waals surface area contributed by atoms with E-state index in [-0.39, 0.29) is 0 Å². The van der Waals surface area contributed by atoms with Gasteiger partial charge in [0.05, 0.1) is 11.2 Å². The smallest absolute Gasteiger partial charge is 0.0574 e. The zero-order chi connectivity index (χ0) is 11.8. The maximum absolute atomic E-state index is 6.06. The highest BCUT2D eigenvalue weighted by Crippen LogP contribution is 2.31. The maximum Gasteiger partial charge on any atom is 0.0574 e. The molecule has 3 rings (SSSR count). The van der Waals surface area contributed by atoms with Gasteiger partial charge in [-0.15, -0.1) is 11.3 Å². The Kier molecular flexibility index (Phi) is 2.41. The summed E-state index contributed by atoms with van der Waals surface area (Å²) in [7, 11) is 0. The standard InChI is InChI=1S/C14H14N2S/c1-2-16-9-12(15)11-8-10(5-6-13(11)16)14-4-3-7-17-14/h3-9H,2,15H2,1H3. The molecule has 0 fully saturated rings. The first kappa shape index (κ1) is 10.4. The Hall–Kier alpha value is -1.74. The first-order chi connectivity index (χ1) is 8.29. The van der Waals surface area contributed by atoms with Crippen molar-refractivity contribution in [2.45, 2.75) is 13.5 Å². The number of nitrogens with two attached hydrogens (primary N) is 1. The van der Waals surface area contributed by atoms with Crippen molar-refractivity contribution < 1.29 is 0 Å². The highest BCUT2D eigenvalue weighted by molar-refractivity contribution is 7.13. The second-order valence-electron chi connectivity index (χ2n) is 4.08. The summed E-state index contributed by atoms with van der Waals surface area (Å²) in [5.41, 5.74) is 9.38. The summed E-state index contributed by atoms with van der Waals surface area (Å²) in [5.74, 6) is 0. The molecule has 3 aromatic rings. The maximum atomic E-state index is 6.06. The topological polar surface area (TPSA) is 30.9 Å². The molecule has 0 saturated carbocycles. The number of nitrogens with zero attached hydrogens (tertiary/aromatic N) is 1. The van der Waals surface area contributed by atoms with Crippen molar-refractivity contribution in [3.8, 4) is 10.4 Å². The molecule has 0 aliphatic rings. The van der Waals surface area contributed by atoms with Crippen LogP contribution in [0, 0.1) is 0 Å². The van der Waals surface area contributed by atoms with E-state index in [1.165, 1.54) is 16.0 Å². The summed E-state index contributed by atoms with van der Waals surface area (Å²) >= 11 is 1.76. The largest absolute Gasteiger partial charge is 0.397 e. The van der Waals surface area contributed by atoms with Crippen molar-refractivity contribution in [2.75, 3.05) is 5.73 Å². The van der Waals surface area contributed by atoms with Gasteiger partial charge in [-0.25, -0.2) is 0 Å². The highest BCUT2D eigenvalue weighted by atomic mass is 32.1. The van der Waals surface area contributed by atoms with Crippen LogP contribution in [-0.4, -0.2) is 4.57 Å². The van der Waals surface area contributed by atoms with Gasteiger partial charge < -0.3 is 10.3 Å². The summed E-state index contributed by atoms with van der Waals surface area (Å²) in [5, 5.41) is 3.25. The van der Waals surface area contributed by atoms with Crippen molar-refractivity contribution in [3.63, 3.8) is 0 Å². The molecule has 0 radical (unpaired) electrons. The predicted octanol–water partition coefficient (Wildman–Crippen LogP) is 3.97. The number of hydrogen-bond donors (Lipinski definition) is 1. The van der Waals surface area contributed by atoms with Crippen LogP contribution >= 0.6 is 11.3 Å². The van der Waals surface area contributed by atoms with E-state index in [0.717, 1.165) is 17.6 Å². The number of aryl methyl sites for hydroxylation is 1. The molecule has 0 bridgehead atoms. The van der Waals surface area contributed by atoms with Gasteiger partial charge in [0.2, 0.25) is 0 Å². The zero-order valence-electron chi connectivity index (χ0n) is 9.68. The van der Waals surface area contributed by atoms with Gasteiger partial charge in [-0.2, -0.15) is 0 Å². The lowest BCUT2D eigenvalue weighted by Gasteiger charge is -2.02. The normalized spacial score (nSPS) is 11.1. The van der Waals surface area contributed by atoms with Crippen LogP contribution in [0.1, 0.15) is 6.92 Å². The molecular weight excluding hydrogens is 228 g/mol. The molecule has 0 atom stereocenters. The number of anilines is 1. The van der Waals surface area contributed by atoms with E-state index < -0.39 is 0 Å². The second kappa shape index (κ2) is 3.93. The van der Waals surface area contributed by atoms with Crippen LogP contribution in [0.25, 0.3) is 21.3 Å². The molecule has 17 heavy (non-hydrogen) atoms. The molecule has 2 N–H and O–H groups in total. The first-order valence-electron chi connectivity index (χ1n) is 5.72. The van der Waals surface area contributed by atoms with E-state index in [4.69, 9.17) is 5.73 Å². The van der Waals surface area contributed by atoms with Gasteiger partial charge in [0.25, 0.3) is 0 Å². The summed E-state index contributed by atoms with van der Waals surface area (Å²) in [6.07, 6.45) is 2.02. The molecule has 3 heteroatoms. The van der Waals surface area contributed by atoms with Crippen LogP contribution in [0.15, 0.2) is 41.9 Å². The molecule has 2 aromatic heterocycles. The molecule has 0 aliphatic heterocycles. The van der Waals surface area contributed by atoms with Gasteiger partial charge in [-0.3, -0.25) is 0 Å². The summed E-state index contributed by atoms with van der Waals surface area (Å²) in [4.78, 5) is 1.29. The monoisotopic (exact) mass is 242 g/mol. The fourth-order valence-electron chi connectivity index (χ4n) is 2.18. The summed E-state index contributed by atoms with van der Waals surface area (Å²) in [6, 6.07) is 10.7. The summed E-state index contributed by atoms with van der Waals surface area (Å²) < 4.78 is 2.18. The van der Waals surface area contributed by atoms with Gasteiger partial charge in [0.1, 0.15) is 0 Å². The molecule has 2 nitrogen and oxygen atoms in total. The first-order valence-corrected chi connectivity index (χ1v) is 6.60. The van der Waals surface area contributed by atoms with Crippen LogP contribution in [-0.2, 0) is 6.54 Å². The Morgan fingerprint density at radius 2 is 2.18 bits per heavy atom. The molecule has 0 unspecified atom stereocenters. The van der Waals surface area contributed by atoms with Crippen LogP contribution in [0.5, 0.6) is 0 Å². The minimum Gasteiger partial charge on any atom is -0.397 e. The number of fused-ring (bicyclic) bond motifs is 1.